The highest BCUT2D eigenvalue weighted by Crippen LogP contribution is 2.30. The van der Waals surface area contributed by atoms with Crippen LogP contribution in [0.4, 0.5) is 0 Å². The molecule has 2 rings (SSSR count). The quantitative estimate of drug-likeness (QED) is 0.830. The van der Waals surface area contributed by atoms with Gasteiger partial charge in [0.2, 0.25) is 0 Å². The molecule has 0 atom stereocenters. The molecule has 4 heteroatoms. The van der Waals surface area contributed by atoms with E-state index in [1.165, 1.54) is 0 Å². The molecule has 0 spiro atoms. The summed E-state index contributed by atoms with van der Waals surface area (Å²) in [4.78, 5) is 11.9. The highest BCUT2D eigenvalue weighted by Gasteiger charge is 2.31. The molecule has 88 valence electrons. The lowest BCUT2D eigenvalue weighted by Gasteiger charge is -2.22. The van der Waals surface area contributed by atoms with Crippen molar-refractivity contribution < 1.29 is 4.79 Å². The van der Waals surface area contributed by atoms with Gasteiger partial charge in [0, 0.05) is 25.2 Å². The normalized spacial score (nSPS) is 18.9. The van der Waals surface area contributed by atoms with Gasteiger partial charge in [0.1, 0.15) is 5.78 Å². The van der Waals surface area contributed by atoms with Gasteiger partial charge in [-0.2, -0.15) is 5.10 Å². The zero-order valence-electron chi connectivity index (χ0n) is 9.78. The van der Waals surface area contributed by atoms with Crippen LogP contribution in [0.25, 0.3) is 0 Å². The molecule has 0 bridgehead atoms. The molecule has 2 N–H and O–H groups in total. The van der Waals surface area contributed by atoms with Gasteiger partial charge in [-0.15, -0.1) is 0 Å². The third-order valence-electron chi connectivity index (χ3n) is 3.30. The molecule has 1 aliphatic rings. The summed E-state index contributed by atoms with van der Waals surface area (Å²) >= 11 is 0. The van der Waals surface area contributed by atoms with E-state index in [0.29, 0.717) is 12.8 Å². The van der Waals surface area contributed by atoms with Gasteiger partial charge in [0.25, 0.3) is 0 Å². The second kappa shape index (κ2) is 4.37. The van der Waals surface area contributed by atoms with Crippen molar-refractivity contribution in [2.24, 2.45) is 12.8 Å². The van der Waals surface area contributed by atoms with E-state index in [9.17, 15) is 4.79 Å². The van der Waals surface area contributed by atoms with Gasteiger partial charge in [0.05, 0.1) is 12.1 Å². The number of carbonyl (C=O) groups excluding carboxylic acids is 1. The minimum atomic E-state index is -0.230. The molecule has 1 aromatic rings. The molecule has 0 aromatic carbocycles. The van der Waals surface area contributed by atoms with Crippen molar-refractivity contribution in [1.29, 1.82) is 0 Å². The van der Waals surface area contributed by atoms with Crippen LogP contribution in [0.5, 0.6) is 0 Å². The van der Waals surface area contributed by atoms with E-state index in [-0.39, 0.29) is 11.3 Å². The lowest BCUT2D eigenvalue weighted by molar-refractivity contribution is -0.119. The first-order chi connectivity index (χ1) is 7.57. The van der Waals surface area contributed by atoms with E-state index < -0.39 is 0 Å². The van der Waals surface area contributed by atoms with Crippen molar-refractivity contribution in [1.82, 2.24) is 9.78 Å². The molecular weight excluding hydrogens is 202 g/mol. The molecule has 0 aliphatic heterocycles. The summed E-state index contributed by atoms with van der Waals surface area (Å²) in [6.45, 7) is 0. The summed E-state index contributed by atoms with van der Waals surface area (Å²) < 4.78 is 1.72. The summed E-state index contributed by atoms with van der Waals surface area (Å²) in [6, 6.07) is 1.88. The number of nitrogens with two attached hydrogens (primary N) is 1. The van der Waals surface area contributed by atoms with E-state index in [2.05, 4.69) is 5.10 Å². The van der Waals surface area contributed by atoms with E-state index in [4.69, 9.17) is 5.73 Å². The van der Waals surface area contributed by atoms with Crippen LogP contribution in [0.2, 0.25) is 0 Å². The summed E-state index contributed by atoms with van der Waals surface area (Å²) in [5, 5.41) is 4.20. The molecule has 16 heavy (non-hydrogen) atoms. The Labute approximate surface area is 95.8 Å². The van der Waals surface area contributed by atoms with Crippen LogP contribution in [-0.4, -0.2) is 21.1 Å². The van der Waals surface area contributed by atoms with Crippen LogP contribution in [0.1, 0.15) is 37.8 Å². The van der Waals surface area contributed by atoms with E-state index in [1.54, 1.807) is 4.68 Å². The van der Waals surface area contributed by atoms with Crippen LogP contribution in [0.15, 0.2) is 12.3 Å². The molecule has 1 fully saturated rings. The minimum absolute atomic E-state index is 0.211. The Bertz CT molecular complexity index is 377. The highest BCUT2D eigenvalue weighted by molar-refractivity contribution is 5.81. The maximum atomic E-state index is 11.9. The fourth-order valence-corrected chi connectivity index (χ4v) is 2.47. The number of nitrogens with zero attached hydrogens (tertiary/aromatic N) is 2. The summed E-state index contributed by atoms with van der Waals surface area (Å²) in [5.74, 6) is 0.211. The van der Waals surface area contributed by atoms with Crippen LogP contribution in [0, 0.1) is 0 Å². The van der Waals surface area contributed by atoms with E-state index in [1.807, 2.05) is 19.3 Å². The van der Waals surface area contributed by atoms with Gasteiger partial charge in [-0.05, 0) is 18.9 Å². The first-order valence-corrected chi connectivity index (χ1v) is 5.87. The predicted molar refractivity (Wildman–Crippen MR) is 61.9 cm³/mol. The third-order valence-corrected chi connectivity index (χ3v) is 3.30. The second-order valence-electron chi connectivity index (χ2n) is 4.94. The molecule has 1 aliphatic carbocycles. The zero-order valence-corrected chi connectivity index (χ0v) is 9.78. The van der Waals surface area contributed by atoms with Crippen LogP contribution in [-0.2, 0) is 18.3 Å². The Kier molecular flexibility index (Phi) is 3.10. The molecule has 1 heterocycles. The molecule has 1 aromatic heterocycles. The van der Waals surface area contributed by atoms with Gasteiger partial charge >= 0.3 is 0 Å². The first kappa shape index (κ1) is 11.3. The van der Waals surface area contributed by atoms with E-state index in [0.717, 1.165) is 31.4 Å². The number of ketones is 1. The van der Waals surface area contributed by atoms with Gasteiger partial charge in [-0.25, -0.2) is 0 Å². The molecule has 0 amide bonds. The topological polar surface area (TPSA) is 60.9 Å². The standard InChI is InChI=1S/C12H19N3O/c1-15-7-4-10(14-15)8-11(16)9-12(13)5-2-3-6-12/h4,7H,2-3,5-6,8-9,13H2,1H3. The van der Waals surface area contributed by atoms with E-state index >= 15 is 0 Å². The number of Topliss-reactive ketones (excluding diaryl/α,β-unsaturated/α-hetero) is 1. The van der Waals surface area contributed by atoms with Crippen molar-refractivity contribution in [3.05, 3.63) is 18.0 Å². The first-order valence-electron chi connectivity index (χ1n) is 5.87. The molecule has 0 unspecified atom stereocenters. The maximum Gasteiger partial charge on any atom is 0.140 e. The van der Waals surface area contributed by atoms with Crippen molar-refractivity contribution >= 4 is 5.78 Å². The van der Waals surface area contributed by atoms with Gasteiger partial charge in [-0.1, -0.05) is 12.8 Å². The molecule has 0 radical (unpaired) electrons. The smallest absolute Gasteiger partial charge is 0.140 e. The van der Waals surface area contributed by atoms with Gasteiger partial charge in [0.15, 0.2) is 0 Å². The molecule has 4 nitrogen and oxygen atoms in total. The fourth-order valence-electron chi connectivity index (χ4n) is 2.47. The number of aryl methyl sites for hydroxylation is 1. The Hall–Kier alpha value is -1.16. The van der Waals surface area contributed by atoms with Crippen LogP contribution in [0.3, 0.4) is 0 Å². The van der Waals surface area contributed by atoms with Crippen molar-refractivity contribution in [3.8, 4) is 0 Å². The number of hydrogen-bond acceptors (Lipinski definition) is 3. The van der Waals surface area contributed by atoms with Gasteiger partial charge in [-0.3, -0.25) is 9.48 Å². The Balaban J connectivity index is 1.89. The second-order valence-corrected chi connectivity index (χ2v) is 4.94. The van der Waals surface area contributed by atoms with Crippen molar-refractivity contribution in [2.45, 2.75) is 44.1 Å². The van der Waals surface area contributed by atoms with Gasteiger partial charge < -0.3 is 5.73 Å². The molecule has 0 saturated heterocycles. The summed E-state index contributed by atoms with van der Waals surface area (Å²) in [7, 11) is 1.86. The highest BCUT2D eigenvalue weighted by atomic mass is 16.1. The monoisotopic (exact) mass is 221 g/mol. The Morgan fingerprint density at radius 2 is 2.25 bits per heavy atom. The SMILES string of the molecule is Cn1ccc(CC(=O)CC2(N)CCCC2)n1. The average Bonchev–Trinajstić information content (AvgIpc) is 2.75. The average molecular weight is 221 g/mol. The Morgan fingerprint density at radius 3 is 2.81 bits per heavy atom. The fraction of sp³-hybridized carbons (Fsp3) is 0.667. The third kappa shape index (κ3) is 2.70. The summed E-state index contributed by atoms with van der Waals surface area (Å²) in [5.41, 5.74) is 6.78. The maximum absolute atomic E-state index is 11.9. The lowest BCUT2D eigenvalue weighted by Crippen LogP contribution is -2.39. The minimum Gasteiger partial charge on any atom is -0.325 e. The number of aromatic nitrogens is 2. The number of rotatable bonds is 4. The number of carbonyl (C=O) groups is 1. The van der Waals surface area contributed by atoms with Crippen LogP contribution >= 0.6 is 0 Å². The lowest BCUT2D eigenvalue weighted by atomic mass is 9.91. The molecule has 1 saturated carbocycles. The summed E-state index contributed by atoms with van der Waals surface area (Å²) in [6.07, 6.45) is 7.07. The molecular formula is C12H19N3O. The van der Waals surface area contributed by atoms with Crippen molar-refractivity contribution in [3.63, 3.8) is 0 Å². The largest absolute Gasteiger partial charge is 0.325 e. The number of hydrogen-bond donors (Lipinski definition) is 1. The van der Waals surface area contributed by atoms with Crippen molar-refractivity contribution in [2.75, 3.05) is 0 Å². The Morgan fingerprint density at radius 1 is 1.56 bits per heavy atom. The van der Waals surface area contributed by atoms with Crippen LogP contribution < -0.4 is 5.73 Å². The predicted octanol–water partition coefficient (Wildman–Crippen LogP) is 1.19. The zero-order chi connectivity index (χ0) is 11.6.